The number of halogens is 1. The Labute approximate surface area is 247 Å². The van der Waals surface area contributed by atoms with E-state index in [1.54, 1.807) is 23.2 Å². The number of carbonyl (C=O) groups is 2. The molecule has 1 aromatic carbocycles. The zero-order chi connectivity index (χ0) is 28.7. The molecule has 2 amide bonds. The minimum absolute atomic E-state index is 0.0324. The Morgan fingerprint density at radius 3 is 2.63 bits per heavy atom. The molecule has 2 aliphatic heterocycles. The van der Waals surface area contributed by atoms with Crippen LogP contribution in [0.4, 0.5) is 0 Å². The van der Waals surface area contributed by atoms with E-state index in [2.05, 4.69) is 18.8 Å². The number of amides is 2. The monoisotopic (exact) mass is 574 g/mol. The van der Waals surface area contributed by atoms with Crippen LogP contribution < -0.4 is 0 Å². The molecule has 4 aliphatic rings. The molecule has 41 heavy (non-hydrogen) atoms. The third kappa shape index (κ3) is 5.37. The van der Waals surface area contributed by atoms with Crippen LogP contribution in [-0.4, -0.2) is 45.6 Å². The number of benzene rings is 1. The standard InChI is InChI=1S/C34H39ClN2O4/c1-20(2)25-18-26-32(34(40)37(33(26)39)23-8-4-3-5-9-23)27-19-41-30(31(25)27)14-12-22(29-10-6-7-15-36-29)16-21-11-13-24(38)17-28(21)35/h6-7,10-11,13,15-17,20,23,26-27,30,32,38H,3-5,8-9,12,14,18-19H2,1-2H3/b22-16-/t26-,27+,30-,32-/m1/s1. The van der Waals surface area contributed by atoms with Gasteiger partial charge < -0.3 is 9.84 Å². The van der Waals surface area contributed by atoms with Crippen molar-refractivity contribution >= 4 is 35.1 Å². The lowest BCUT2D eigenvalue weighted by Crippen LogP contribution is -2.42. The number of phenolic OH excluding ortho intramolecular Hbond substituents is 1. The molecule has 0 bridgehead atoms. The number of carbonyl (C=O) groups excluding carboxylic acids is 2. The Hall–Kier alpha value is -2.96. The lowest BCUT2D eigenvalue weighted by Gasteiger charge is -2.33. The van der Waals surface area contributed by atoms with Crippen LogP contribution in [0.3, 0.4) is 0 Å². The maximum atomic E-state index is 13.9. The van der Waals surface area contributed by atoms with Gasteiger partial charge >= 0.3 is 0 Å². The van der Waals surface area contributed by atoms with Crippen LogP contribution in [0.15, 0.2) is 53.7 Å². The third-order valence-corrected chi connectivity index (χ3v) is 9.93. The molecular formula is C34H39ClN2O4. The van der Waals surface area contributed by atoms with E-state index in [4.69, 9.17) is 16.3 Å². The quantitative estimate of drug-likeness (QED) is 0.283. The van der Waals surface area contributed by atoms with Gasteiger partial charge in [0.05, 0.1) is 35.3 Å². The highest BCUT2D eigenvalue weighted by Crippen LogP contribution is 2.52. The van der Waals surface area contributed by atoms with E-state index < -0.39 is 0 Å². The fraction of sp³-hybridized carbons (Fsp3) is 0.500. The van der Waals surface area contributed by atoms with Crippen molar-refractivity contribution < 1.29 is 19.4 Å². The highest BCUT2D eigenvalue weighted by Gasteiger charge is 2.58. The minimum Gasteiger partial charge on any atom is -0.508 e. The molecule has 1 aromatic heterocycles. The maximum absolute atomic E-state index is 13.9. The number of imide groups is 1. The number of aromatic nitrogens is 1. The topological polar surface area (TPSA) is 79.7 Å². The Bertz CT molecular complexity index is 1380. The van der Waals surface area contributed by atoms with Gasteiger partial charge in [-0.25, -0.2) is 0 Å². The number of rotatable bonds is 7. The Morgan fingerprint density at radius 1 is 1.12 bits per heavy atom. The predicted molar refractivity (Wildman–Crippen MR) is 160 cm³/mol. The molecule has 216 valence electrons. The van der Waals surface area contributed by atoms with Crippen molar-refractivity contribution in [2.45, 2.75) is 77.4 Å². The number of hydrogen-bond acceptors (Lipinski definition) is 5. The largest absolute Gasteiger partial charge is 0.508 e. The molecular weight excluding hydrogens is 536 g/mol. The number of pyridine rings is 1. The highest BCUT2D eigenvalue weighted by molar-refractivity contribution is 6.32. The van der Waals surface area contributed by atoms with Crippen molar-refractivity contribution in [1.82, 2.24) is 9.88 Å². The van der Waals surface area contributed by atoms with Crippen molar-refractivity contribution in [3.8, 4) is 5.75 Å². The first-order valence-corrected chi connectivity index (χ1v) is 15.5. The number of fused-ring (bicyclic) bond motifs is 3. The van der Waals surface area contributed by atoms with Crippen molar-refractivity contribution in [1.29, 1.82) is 0 Å². The van der Waals surface area contributed by atoms with Crippen LogP contribution in [0.2, 0.25) is 5.02 Å². The maximum Gasteiger partial charge on any atom is 0.234 e. The molecule has 7 heteroatoms. The first-order valence-electron chi connectivity index (χ1n) is 15.1. The summed E-state index contributed by atoms with van der Waals surface area (Å²) in [5.74, 6) is -0.0770. The number of aromatic hydroxyl groups is 1. The SMILES string of the molecule is CC(C)C1=C2[C@@H](CC/C(=C/c3ccc(O)cc3Cl)c3ccccn3)OC[C@@H]2[C@@H]2C(=O)N(C3CCCCC3)C(=O)[C@@H]2C1. The van der Waals surface area contributed by atoms with Crippen LogP contribution in [0.25, 0.3) is 11.6 Å². The molecule has 2 saturated heterocycles. The van der Waals surface area contributed by atoms with Gasteiger partial charge in [-0.05, 0) is 91.1 Å². The summed E-state index contributed by atoms with van der Waals surface area (Å²) in [7, 11) is 0. The Morgan fingerprint density at radius 2 is 1.93 bits per heavy atom. The number of hydrogen-bond donors (Lipinski definition) is 1. The first kappa shape index (κ1) is 28.2. The number of ether oxygens (including phenoxy) is 1. The summed E-state index contributed by atoms with van der Waals surface area (Å²) in [6.07, 6.45) is 11.1. The number of likely N-dealkylation sites (tertiary alicyclic amines) is 1. The van der Waals surface area contributed by atoms with Gasteiger partial charge in [0.15, 0.2) is 0 Å². The first-order chi connectivity index (χ1) is 19.8. The van der Waals surface area contributed by atoms with Gasteiger partial charge in [-0.15, -0.1) is 0 Å². The van der Waals surface area contributed by atoms with Gasteiger partial charge in [0.1, 0.15) is 5.75 Å². The lowest BCUT2D eigenvalue weighted by molar-refractivity contribution is -0.143. The molecule has 6 nitrogen and oxygen atoms in total. The average molecular weight is 575 g/mol. The molecule has 0 radical (unpaired) electrons. The summed E-state index contributed by atoms with van der Waals surface area (Å²) >= 11 is 6.46. The van der Waals surface area contributed by atoms with Gasteiger partial charge in [-0.3, -0.25) is 19.5 Å². The summed E-state index contributed by atoms with van der Waals surface area (Å²) in [4.78, 5) is 33.8. The second-order valence-corrected chi connectivity index (χ2v) is 12.8. The van der Waals surface area contributed by atoms with Gasteiger partial charge in [0, 0.05) is 18.2 Å². The minimum atomic E-state index is -0.298. The second kappa shape index (κ2) is 11.7. The van der Waals surface area contributed by atoms with Crippen LogP contribution in [0.1, 0.15) is 76.5 Å². The molecule has 0 unspecified atom stereocenters. The molecule has 2 aliphatic carbocycles. The van der Waals surface area contributed by atoms with E-state index in [1.807, 2.05) is 30.3 Å². The van der Waals surface area contributed by atoms with Gasteiger partial charge in [-0.1, -0.05) is 56.4 Å². The number of phenols is 1. The molecule has 1 saturated carbocycles. The van der Waals surface area contributed by atoms with E-state index in [9.17, 15) is 14.7 Å². The zero-order valence-electron chi connectivity index (χ0n) is 23.9. The smallest absolute Gasteiger partial charge is 0.234 e. The Balaban J connectivity index is 1.27. The van der Waals surface area contributed by atoms with E-state index in [0.717, 1.165) is 48.9 Å². The summed E-state index contributed by atoms with van der Waals surface area (Å²) in [5.41, 5.74) is 5.27. The van der Waals surface area contributed by atoms with Crippen LogP contribution >= 0.6 is 11.6 Å². The van der Waals surface area contributed by atoms with Crippen molar-refractivity contribution in [3.05, 3.63) is 70.0 Å². The Kier molecular flexibility index (Phi) is 8.06. The van der Waals surface area contributed by atoms with Crippen molar-refractivity contribution in [3.63, 3.8) is 0 Å². The molecule has 2 aromatic rings. The fourth-order valence-corrected chi connectivity index (χ4v) is 7.85. The molecule has 0 spiro atoms. The lowest BCUT2D eigenvalue weighted by atomic mass is 9.67. The van der Waals surface area contributed by atoms with E-state index in [-0.39, 0.29) is 53.4 Å². The highest BCUT2D eigenvalue weighted by atomic mass is 35.5. The molecule has 1 N–H and O–H groups in total. The van der Waals surface area contributed by atoms with Crippen molar-refractivity contribution in [2.75, 3.05) is 6.61 Å². The van der Waals surface area contributed by atoms with Crippen LogP contribution in [0, 0.1) is 23.7 Å². The van der Waals surface area contributed by atoms with Gasteiger partial charge in [-0.2, -0.15) is 0 Å². The van der Waals surface area contributed by atoms with Crippen molar-refractivity contribution in [2.24, 2.45) is 23.7 Å². The molecule has 3 heterocycles. The van der Waals surface area contributed by atoms with Crippen LogP contribution in [-0.2, 0) is 14.3 Å². The fourth-order valence-electron chi connectivity index (χ4n) is 7.62. The predicted octanol–water partition coefficient (Wildman–Crippen LogP) is 7.07. The molecule has 3 fully saturated rings. The number of allylic oxidation sites excluding steroid dienone is 2. The molecule has 6 rings (SSSR count). The second-order valence-electron chi connectivity index (χ2n) is 12.4. The van der Waals surface area contributed by atoms with Crippen LogP contribution in [0.5, 0.6) is 5.75 Å². The van der Waals surface area contributed by atoms with Gasteiger partial charge in [0.2, 0.25) is 11.8 Å². The summed E-state index contributed by atoms with van der Waals surface area (Å²) in [5, 5.41) is 10.3. The normalized spacial score (nSPS) is 27.1. The van der Waals surface area contributed by atoms with E-state index in [0.29, 0.717) is 24.5 Å². The average Bonchev–Trinajstić information content (AvgIpc) is 3.50. The van der Waals surface area contributed by atoms with Gasteiger partial charge in [0.25, 0.3) is 0 Å². The van der Waals surface area contributed by atoms with E-state index in [1.165, 1.54) is 17.6 Å². The molecule has 4 atom stereocenters. The summed E-state index contributed by atoms with van der Waals surface area (Å²) < 4.78 is 6.48. The summed E-state index contributed by atoms with van der Waals surface area (Å²) in [6.45, 7) is 4.88. The summed E-state index contributed by atoms with van der Waals surface area (Å²) in [6, 6.07) is 10.9. The zero-order valence-corrected chi connectivity index (χ0v) is 24.6. The number of nitrogens with zero attached hydrogens (tertiary/aromatic N) is 2. The van der Waals surface area contributed by atoms with E-state index >= 15 is 0 Å². The third-order valence-electron chi connectivity index (χ3n) is 9.60.